The first kappa shape index (κ1) is 24.7. The summed E-state index contributed by atoms with van der Waals surface area (Å²) >= 11 is 0. The molecule has 0 radical (unpaired) electrons. The van der Waals surface area contributed by atoms with Crippen LogP contribution in [0.4, 0.5) is 0 Å². The lowest BCUT2D eigenvalue weighted by molar-refractivity contribution is -0.380. The smallest absolute Gasteiger partial charge is 0.317 e. The Morgan fingerprint density at radius 1 is 0.774 bits per heavy atom. The third-order valence-electron chi connectivity index (χ3n) is 7.54. The van der Waals surface area contributed by atoms with Crippen molar-refractivity contribution >= 4 is 11.9 Å². The van der Waals surface area contributed by atoms with Gasteiger partial charge in [-0.2, -0.15) is 0 Å². The first-order valence-electron chi connectivity index (χ1n) is 12.7. The minimum absolute atomic E-state index is 0.110. The van der Waals surface area contributed by atoms with Gasteiger partial charge in [0.25, 0.3) is 5.97 Å². The van der Waals surface area contributed by atoms with Crippen LogP contribution in [0.15, 0.2) is 0 Å². The average Bonchev–Trinajstić information content (AvgIpc) is 3.39. The summed E-state index contributed by atoms with van der Waals surface area (Å²) in [6, 6.07) is 0. The Bertz CT molecular complexity index is 574. The van der Waals surface area contributed by atoms with E-state index in [2.05, 4.69) is 0 Å². The van der Waals surface area contributed by atoms with Gasteiger partial charge in [0, 0.05) is 26.2 Å². The molecule has 3 aliphatic rings. The van der Waals surface area contributed by atoms with Crippen LogP contribution in [-0.4, -0.2) is 37.7 Å². The van der Waals surface area contributed by atoms with Crippen molar-refractivity contribution in [2.24, 2.45) is 29.6 Å². The van der Waals surface area contributed by atoms with E-state index in [1.54, 1.807) is 0 Å². The standard InChI is InChI=1S/C25H42O6/c1-4-28-25(29-5-2,30-6-3)15-13-11-9-7-8-10-12-14-18-16-19-17-20(18)22-21(19)23(26)31-24(22)27/h18-22H,4-17H2,1-3H3. The summed E-state index contributed by atoms with van der Waals surface area (Å²) in [5.74, 6) is -0.168. The molecule has 3 rings (SSSR count). The van der Waals surface area contributed by atoms with Crippen LogP contribution in [-0.2, 0) is 28.5 Å². The minimum Gasteiger partial charge on any atom is -0.393 e. The summed E-state index contributed by atoms with van der Waals surface area (Å²) in [6.07, 6.45) is 12.6. The van der Waals surface area contributed by atoms with E-state index < -0.39 is 5.97 Å². The Morgan fingerprint density at radius 2 is 1.32 bits per heavy atom. The molecular weight excluding hydrogens is 396 g/mol. The summed E-state index contributed by atoms with van der Waals surface area (Å²) in [5.41, 5.74) is 0. The van der Waals surface area contributed by atoms with Crippen LogP contribution in [0.2, 0.25) is 0 Å². The number of rotatable bonds is 16. The van der Waals surface area contributed by atoms with Crippen LogP contribution in [0, 0.1) is 29.6 Å². The van der Waals surface area contributed by atoms with E-state index in [0.717, 1.165) is 25.7 Å². The zero-order valence-electron chi connectivity index (χ0n) is 19.7. The lowest BCUT2D eigenvalue weighted by atomic mass is 9.73. The molecule has 0 aromatic carbocycles. The fourth-order valence-electron chi connectivity index (χ4n) is 6.36. The van der Waals surface area contributed by atoms with Gasteiger partial charge in [0.1, 0.15) is 0 Å². The predicted molar refractivity (Wildman–Crippen MR) is 117 cm³/mol. The molecule has 2 saturated carbocycles. The number of carbonyl (C=O) groups excluding carboxylic acids is 2. The molecule has 31 heavy (non-hydrogen) atoms. The van der Waals surface area contributed by atoms with Crippen LogP contribution in [0.1, 0.15) is 91.4 Å². The molecule has 6 nitrogen and oxygen atoms in total. The predicted octanol–water partition coefficient (Wildman–Crippen LogP) is 5.23. The number of ether oxygens (including phenoxy) is 4. The molecule has 0 aromatic rings. The molecule has 0 N–H and O–H groups in total. The molecule has 0 spiro atoms. The van der Waals surface area contributed by atoms with Crippen molar-refractivity contribution in [3.63, 3.8) is 0 Å². The maximum absolute atomic E-state index is 12.0. The van der Waals surface area contributed by atoms with Gasteiger partial charge in [0.2, 0.25) is 0 Å². The average molecular weight is 439 g/mol. The summed E-state index contributed by atoms with van der Waals surface area (Å²) in [7, 11) is 0. The SMILES string of the molecule is CCOC(CCCCCCCCCC1CC2CC1C1C(=O)OC(=O)C21)(OCC)OCC. The Hall–Kier alpha value is -0.980. The highest BCUT2D eigenvalue weighted by Gasteiger charge is 2.62. The zero-order valence-corrected chi connectivity index (χ0v) is 19.7. The molecular formula is C25H42O6. The molecule has 1 saturated heterocycles. The number of hydrogen-bond acceptors (Lipinski definition) is 6. The van der Waals surface area contributed by atoms with Crippen LogP contribution in [0.25, 0.3) is 0 Å². The molecule has 1 heterocycles. The molecule has 178 valence electrons. The molecule has 0 aromatic heterocycles. The third-order valence-corrected chi connectivity index (χ3v) is 7.54. The monoisotopic (exact) mass is 438 g/mol. The second-order valence-corrected chi connectivity index (χ2v) is 9.44. The van der Waals surface area contributed by atoms with Crippen molar-refractivity contribution in [2.75, 3.05) is 19.8 Å². The third kappa shape index (κ3) is 5.88. The van der Waals surface area contributed by atoms with Crippen molar-refractivity contribution in [2.45, 2.75) is 97.4 Å². The highest BCUT2D eigenvalue weighted by molar-refractivity contribution is 5.97. The minimum atomic E-state index is -0.867. The highest BCUT2D eigenvalue weighted by Crippen LogP contribution is 2.59. The van der Waals surface area contributed by atoms with E-state index in [4.69, 9.17) is 18.9 Å². The van der Waals surface area contributed by atoms with Crippen molar-refractivity contribution in [3.05, 3.63) is 0 Å². The van der Waals surface area contributed by atoms with Crippen LogP contribution in [0.3, 0.4) is 0 Å². The van der Waals surface area contributed by atoms with Crippen molar-refractivity contribution in [3.8, 4) is 0 Å². The van der Waals surface area contributed by atoms with E-state index >= 15 is 0 Å². The van der Waals surface area contributed by atoms with E-state index in [9.17, 15) is 9.59 Å². The fourth-order valence-corrected chi connectivity index (χ4v) is 6.36. The second kappa shape index (κ2) is 11.8. The van der Waals surface area contributed by atoms with Gasteiger partial charge in [-0.05, 0) is 57.8 Å². The number of esters is 2. The molecule has 6 heteroatoms. The van der Waals surface area contributed by atoms with E-state index in [1.807, 2.05) is 20.8 Å². The van der Waals surface area contributed by atoms with Gasteiger partial charge in [-0.25, -0.2) is 0 Å². The Kier molecular flexibility index (Phi) is 9.35. The Morgan fingerprint density at radius 3 is 1.94 bits per heavy atom. The maximum atomic E-state index is 12.0. The normalized spacial score (nSPS) is 29.6. The van der Waals surface area contributed by atoms with Gasteiger partial charge < -0.3 is 18.9 Å². The number of unbranched alkanes of at least 4 members (excludes halogenated alkanes) is 6. The van der Waals surface area contributed by atoms with Crippen molar-refractivity contribution < 1.29 is 28.5 Å². The number of hydrogen-bond donors (Lipinski definition) is 0. The van der Waals surface area contributed by atoms with Gasteiger partial charge in [-0.15, -0.1) is 0 Å². The first-order chi connectivity index (χ1) is 15.0. The topological polar surface area (TPSA) is 71.1 Å². The van der Waals surface area contributed by atoms with Crippen LogP contribution < -0.4 is 0 Å². The summed E-state index contributed by atoms with van der Waals surface area (Å²) in [6.45, 7) is 7.67. The lowest BCUT2D eigenvalue weighted by Crippen LogP contribution is -2.39. The van der Waals surface area contributed by atoms with Gasteiger partial charge in [0.15, 0.2) is 0 Å². The van der Waals surface area contributed by atoms with Gasteiger partial charge >= 0.3 is 11.9 Å². The number of cyclic esters (lactones) is 2. The van der Waals surface area contributed by atoms with Crippen LogP contribution in [0.5, 0.6) is 0 Å². The zero-order chi connectivity index (χ0) is 22.3. The summed E-state index contributed by atoms with van der Waals surface area (Å²) in [5, 5.41) is 0. The number of fused-ring (bicyclic) bond motifs is 5. The number of carbonyl (C=O) groups is 2. The lowest BCUT2D eigenvalue weighted by Gasteiger charge is -2.32. The Balaban J connectivity index is 1.24. The fraction of sp³-hybridized carbons (Fsp3) is 0.920. The molecule has 3 fully saturated rings. The molecule has 5 atom stereocenters. The van der Waals surface area contributed by atoms with Crippen molar-refractivity contribution in [1.29, 1.82) is 0 Å². The second-order valence-electron chi connectivity index (χ2n) is 9.44. The molecule has 0 amide bonds. The van der Waals surface area contributed by atoms with Gasteiger partial charge in [-0.1, -0.05) is 44.9 Å². The van der Waals surface area contributed by atoms with E-state index in [1.165, 1.54) is 44.9 Å². The first-order valence-corrected chi connectivity index (χ1v) is 12.7. The van der Waals surface area contributed by atoms with E-state index in [-0.39, 0.29) is 23.8 Å². The van der Waals surface area contributed by atoms with Gasteiger partial charge in [-0.3, -0.25) is 9.59 Å². The maximum Gasteiger partial charge on any atom is 0.317 e. The Labute approximate surface area is 187 Å². The van der Waals surface area contributed by atoms with Crippen molar-refractivity contribution in [1.82, 2.24) is 0 Å². The molecule has 2 bridgehead atoms. The quantitative estimate of drug-likeness (QED) is 0.142. The summed E-state index contributed by atoms with van der Waals surface area (Å²) < 4.78 is 22.3. The van der Waals surface area contributed by atoms with E-state index in [0.29, 0.717) is 37.6 Å². The largest absolute Gasteiger partial charge is 0.393 e. The molecule has 5 unspecified atom stereocenters. The molecule has 2 aliphatic carbocycles. The van der Waals surface area contributed by atoms with Crippen LogP contribution >= 0.6 is 0 Å². The molecule has 1 aliphatic heterocycles. The summed E-state index contributed by atoms with van der Waals surface area (Å²) in [4.78, 5) is 23.9. The highest BCUT2D eigenvalue weighted by atomic mass is 16.9. The van der Waals surface area contributed by atoms with Gasteiger partial charge in [0.05, 0.1) is 11.8 Å².